The molecule has 0 nitrogen and oxygen atoms in total. The van der Waals surface area contributed by atoms with Crippen molar-refractivity contribution in [2.75, 3.05) is 5.75 Å². The second-order valence-electron chi connectivity index (χ2n) is 3.31. The van der Waals surface area contributed by atoms with Crippen LogP contribution in [0.5, 0.6) is 0 Å². The predicted molar refractivity (Wildman–Crippen MR) is 71.1 cm³/mol. The van der Waals surface area contributed by atoms with Gasteiger partial charge in [-0.25, -0.2) is 0 Å². The fraction of sp³-hybridized carbons (Fsp3) is 0.333. The Bertz CT molecular complexity index is 275. The molecule has 0 fully saturated rings. The highest BCUT2D eigenvalue weighted by molar-refractivity contribution is 7.99. The summed E-state index contributed by atoms with van der Waals surface area (Å²) >= 11 is 6.27. The van der Waals surface area contributed by atoms with Crippen molar-refractivity contribution >= 4 is 30.5 Å². The highest BCUT2D eigenvalue weighted by Crippen LogP contribution is 2.15. The van der Waals surface area contributed by atoms with Crippen molar-refractivity contribution in [1.29, 1.82) is 0 Å². The minimum Gasteiger partial charge on any atom is -0.175 e. The molecule has 0 spiro atoms. The molecule has 0 bridgehead atoms. The summed E-state index contributed by atoms with van der Waals surface area (Å²) in [6.45, 7) is 5.85. The maximum Gasteiger partial charge on any atom is 0.0184 e. The van der Waals surface area contributed by atoms with E-state index in [4.69, 9.17) is 0 Å². The van der Waals surface area contributed by atoms with Gasteiger partial charge in [0.1, 0.15) is 0 Å². The molecule has 0 radical (unpaired) electrons. The van der Waals surface area contributed by atoms with Gasteiger partial charge >= 0.3 is 0 Å². The van der Waals surface area contributed by atoms with Crippen molar-refractivity contribution < 1.29 is 0 Å². The van der Waals surface area contributed by atoms with E-state index in [-0.39, 0.29) is 0 Å². The third-order valence-corrected chi connectivity index (χ3v) is 3.55. The van der Waals surface area contributed by atoms with Crippen molar-refractivity contribution in [3.05, 3.63) is 42.0 Å². The van der Waals surface area contributed by atoms with Gasteiger partial charge in [-0.05, 0) is 11.1 Å². The number of thiol groups is 1. The van der Waals surface area contributed by atoms with Gasteiger partial charge in [0, 0.05) is 16.8 Å². The zero-order valence-electron chi connectivity index (χ0n) is 8.44. The van der Waals surface area contributed by atoms with Gasteiger partial charge in [-0.2, -0.15) is 24.4 Å². The molecule has 0 amide bonds. The summed E-state index contributed by atoms with van der Waals surface area (Å²) in [6, 6.07) is 8.53. The summed E-state index contributed by atoms with van der Waals surface area (Å²) in [5.74, 6) is 2.18. The quantitative estimate of drug-likeness (QED) is 0.741. The minimum atomic E-state index is 0.479. The summed E-state index contributed by atoms with van der Waals surface area (Å²) < 4.78 is 0. The van der Waals surface area contributed by atoms with Gasteiger partial charge in [0.05, 0.1) is 0 Å². The first-order chi connectivity index (χ1) is 6.72. The van der Waals surface area contributed by atoms with E-state index in [1.165, 1.54) is 11.1 Å². The summed E-state index contributed by atoms with van der Waals surface area (Å²) in [5.41, 5.74) is 2.55. The summed E-state index contributed by atoms with van der Waals surface area (Å²) in [6.07, 6.45) is 1.87. The van der Waals surface area contributed by atoms with Gasteiger partial charge in [0.15, 0.2) is 0 Å². The van der Waals surface area contributed by atoms with Crippen molar-refractivity contribution in [3.63, 3.8) is 0 Å². The number of hydrogen-bond donors (Lipinski definition) is 1. The molecule has 1 unspecified atom stereocenters. The molecule has 0 saturated heterocycles. The fourth-order valence-electron chi connectivity index (χ4n) is 1.10. The Balaban J connectivity index is 2.40. The van der Waals surface area contributed by atoms with Crippen LogP contribution in [0.2, 0.25) is 0 Å². The third-order valence-electron chi connectivity index (χ3n) is 1.84. The number of benzene rings is 1. The van der Waals surface area contributed by atoms with Crippen molar-refractivity contribution in [1.82, 2.24) is 0 Å². The number of rotatable bonds is 5. The van der Waals surface area contributed by atoms with Crippen LogP contribution in [0.25, 0.3) is 6.08 Å². The highest BCUT2D eigenvalue weighted by Gasteiger charge is 1.96. The van der Waals surface area contributed by atoms with Crippen molar-refractivity contribution in [2.24, 2.45) is 0 Å². The molecule has 14 heavy (non-hydrogen) atoms. The maximum absolute atomic E-state index is 4.34. The topological polar surface area (TPSA) is 0 Å². The molecule has 1 aromatic carbocycles. The standard InChI is InChI=1S/C12H16S2/c1-3-11-4-6-12(7-5-11)9-14-8-10(2)13/h3-7,10,13H,1,8-9H2,2H3. The molecule has 1 aromatic rings. The molecule has 0 aromatic heterocycles. The average molecular weight is 224 g/mol. The Morgan fingerprint density at radius 1 is 1.43 bits per heavy atom. The molecule has 0 aliphatic carbocycles. The molecule has 76 valence electrons. The number of hydrogen-bond acceptors (Lipinski definition) is 2. The molecule has 0 aliphatic heterocycles. The van der Waals surface area contributed by atoms with Crippen LogP contribution in [0.4, 0.5) is 0 Å². The number of thioether (sulfide) groups is 1. The average Bonchev–Trinajstić information content (AvgIpc) is 2.18. The zero-order valence-corrected chi connectivity index (χ0v) is 10.2. The van der Waals surface area contributed by atoms with Crippen LogP contribution >= 0.6 is 24.4 Å². The predicted octanol–water partition coefficient (Wildman–Crippen LogP) is 3.88. The molecule has 1 atom stereocenters. The van der Waals surface area contributed by atoms with Crippen LogP contribution in [0.15, 0.2) is 30.8 Å². The smallest absolute Gasteiger partial charge is 0.0184 e. The second kappa shape index (κ2) is 6.20. The van der Waals surface area contributed by atoms with Crippen LogP contribution < -0.4 is 0 Å². The van der Waals surface area contributed by atoms with E-state index >= 15 is 0 Å². The third kappa shape index (κ3) is 4.25. The lowest BCUT2D eigenvalue weighted by atomic mass is 10.1. The van der Waals surface area contributed by atoms with Gasteiger partial charge in [0.25, 0.3) is 0 Å². The lowest BCUT2D eigenvalue weighted by Gasteiger charge is -2.04. The SMILES string of the molecule is C=Cc1ccc(CSCC(C)S)cc1. The van der Waals surface area contributed by atoms with E-state index < -0.39 is 0 Å². The molecular weight excluding hydrogens is 208 g/mol. The normalized spacial score (nSPS) is 12.4. The Labute approximate surface area is 96.2 Å². The lowest BCUT2D eigenvalue weighted by molar-refractivity contribution is 1.14. The van der Waals surface area contributed by atoms with E-state index in [1.807, 2.05) is 17.8 Å². The van der Waals surface area contributed by atoms with E-state index in [0.29, 0.717) is 5.25 Å². The highest BCUT2D eigenvalue weighted by atomic mass is 32.2. The van der Waals surface area contributed by atoms with E-state index in [0.717, 1.165) is 11.5 Å². The Kier molecular flexibility index (Phi) is 5.20. The van der Waals surface area contributed by atoms with Gasteiger partial charge < -0.3 is 0 Å². The van der Waals surface area contributed by atoms with E-state index in [2.05, 4.69) is 50.4 Å². The molecule has 0 aliphatic rings. The molecule has 0 heterocycles. The maximum atomic E-state index is 4.34. The van der Waals surface area contributed by atoms with Crippen LogP contribution in [-0.2, 0) is 5.75 Å². The first-order valence-electron chi connectivity index (χ1n) is 4.69. The Morgan fingerprint density at radius 3 is 2.57 bits per heavy atom. The molecule has 2 heteroatoms. The van der Waals surface area contributed by atoms with Gasteiger partial charge in [-0.1, -0.05) is 43.8 Å². The van der Waals surface area contributed by atoms with Gasteiger partial charge in [-0.15, -0.1) is 0 Å². The summed E-state index contributed by atoms with van der Waals surface area (Å²) in [5, 5.41) is 0.479. The van der Waals surface area contributed by atoms with Crippen molar-refractivity contribution in [3.8, 4) is 0 Å². The molecule has 0 saturated carbocycles. The van der Waals surface area contributed by atoms with Crippen LogP contribution in [0.1, 0.15) is 18.1 Å². The molecule has 0 N–H and O–H groups in total. The van der Waals surface area contributed by atoms with Crippen LogP contribution in [0, 0.1) is 0 Å². The minimum absolute atomic E-state index is 0.479. The summed E-state index contributed by atoms with van der Waals surface area (Å²) in [7, 11) is 0. The zero-order chi connectivity index (χ0) is 10.4. The van der Waals surface area contributed by atoms with Crippen LogP contribution in [0.3, 0.4) is 0 Å². The Hall–Kier alpha value is -0.340. The molecular formula is C12H16S2. The molecule has 1 rings (SSSR count). The summed E-state index contributed by atoms with van der Waals surface area (Å²) in [4.78, 5) is 0. The second-order valence-corrected chi connectivity index (χ2v) is 5.22. The van der Waals surface area contributed by atoms with Gasteiger partial charge in [-0.3, -0.25) is 0 Å². The van der Waals surface area contributed by atoms with E-state index in [9.17, 15) is 0 Å². The van der Waals surface area contributed by atoms with Crippen molar-refractivity contribution in [2.45, 2.75) is 17.9 Å². The lowest BCUT2D eigenvalue weighted by Crippen LogP contribution is -1.94. The monoisotopic (exact) mass is 224 g/mol. The first-order valence-corrected chi connectivity index (χ1v) is 6.36. The van der Waals surface area contributed by atoms with Crippen LogP contribution in [-0.4, -0.2) is 11.0 Å². The Morgan fingerprint density at radius 2 is 2.07 bits per heavy atom. The fourth-order valence-corrected chi connectivity index (χ4v) is 2.30. The largest absolute Gasteiger partial charge is 0.175 e. The van der Waals surface area contributed by atoms with Gasteiger partial charge in [0.2, 0.25) is 0 Å². The van der Waals surface area contributed by atoms with E-state index in [1.54, 1.807) is 0 Å². The first kappa shape index (κ1) is 11.7.